The summed E-state index contributed by atoms with van der Waals surface area (Å²) in [5.74, 6) is 0. The Morgan fingerprint density at radius 1 is 1.41 bits per heavy atom. The first-order valence-electron chi connectivity index (χ1n) is 6.70. The molecule has 0 fully saturated rings. The van der Waals surface area contributed by atoms with Crippen molar-refractivity contribution in [3.8, 4) is 0 Å². The third-order valence-electron chi connectivity index (χ3n) is 3.79. The van der Waals surface area contributed by atoms with Gasteiger partial charge in [0, 0.05) is 12.6 Å². The van der Waals surface area contributed by atoms with Crippen LogP contribution >= 0.6 is 0 Å². The molecule has 0 saturated carbocycles. The predicted octanol–water partition coefficient (Wildman–Crippen LogP) is 2.60. The van der Waals surface area contributed by atoms with Crippen LogP contribution in [0.4, 0.5) is 0 Å². The predicted molar refractivity (Wildman–Crippen MR) is 71.0 cm³/mol. The van der Waals surface area contributed by atoms with E-state index in [4.69, 9.17) is 0 Å². The van der Waals surface area contributed by atoms with E-state index in [0.29, 0.717) is 12.6 Å². The molecule has 2 atom stereocenters. The number of hydrogen-bond acceptors (Lipinski definition) is 2. The lowest BCUT2D eigenvalue weighted by Gasteiger charge is -2.26. The second-order valence-corrected chi connectivity index (χ2v) is 5.26. The van der Waals surface area contributed by atoms with Gasteiger partial charge in [-0.2, -0.15) is 0 Å². The maximum absolute atomic E-state index is 10.7. The van der Waals surface area contributed by atoms with Gasteiger partial charge in [-0.1, -0.05) is 37.6 Å². The quantitative estimate of drug-likeness (QED) is 0.819. The molecule has 1 aromatic rings. The number of aliphatic hydroxyl groups is 1. The van der Waals surface area contributed by atoms with Crippen LogP contribution < -0.4 is 5.32 Å². The molecule has 0 aromatic heterocycles. The summed E-state index contributed by atoms with van der Waals surface area (Å²) in [6, 6.07) is 8.75. The van der Waals surface area contributed by atoms with Crippen LogP contribution in [0.2, 0.25) is 0 Å². The molecule has 17 heavy (non-hydrogen) atoms. The highest BCUT2D eigenvalue weighted by Gasteiger charge is 2.36. The maximum atomic E-state index is 10.7. The Hall–Kier alpha value is -0.860. The highest BCUT2D eigenvalue weighted by atomic mass is 16.3. The minimum Gasteiger partial charge on any atom is -0.384 e. The molecule has 2 N–H and O–H groups in total. The van der Waals surface area contributed by atoms with Gasteiger partial charge in [0.15, 0.2) is 0 Å². The molecule has 94 valence electrons. The molecular formula is C15H23NO. The summed E-state index contributed by atoms with van der Waals surface area (Å²) >= 11 is 0. The lowest BCUT2D eigenvalue weighted by molar-refractivity contribution is 0.0361. The van der Waals surface area contributed by atoms with Gasteiger partial charge in [-0.25, -0.2) is 0 Å². The lowest BCUT2D eigenvalue weighted by Crippen LogP contribution is -2.40. The fourth-order valence-corrected chi connectivity index (χ4v) is 2.73. The Labute approximate surface area is 104 Å². The Morgan fingerprint density at radius 3 is 2.94 bits per heavy atom. The van der Waals surface area contributed by atoms with Crippen LogP contribution in [0.25, 0.3) is 0 Å². The molecule has 0 radical (unpaired) electrons. The van der Waals surface area contributed by atoms with Gasteiger partial charge in [-0.15, -0.1) is 0 Å². The van der Waals surface area contributed by atoms with Crippen molar-refractivity contribution in [2.75, 3.05) is 6.54 Å². The Balaban J connectivity index is 2.01. The molecule has 0 amide bonds. The van der Waals surface area contributed by atoms with Gasteiger partial charge >= 0.3 is 0 Å². The molecular weight excluding hydrogens is 210 g/mol. The lowest BCUT2D eigenvalue weighted by atomic mass is 9.95. The SMILES string of the molecule is CCCC(C)NCC1(O)CCc2ccccc21. The fourth-order valence-electron chi connectivity index (χ4n) is 2.73. The first kappa shape index (κ1) is 12.6. The topological polar surface area (TPSA) is 32.3 Å². The molecule has 2 nitrogen and oxygen atoms in total. The maximum Gasteiger partial charge on any atom is 0.103 e. The molecule has 2 unspecified atom stereocenters. The fraction of sp³-hybridized carbons (Fsp3) is 0.600. The smallest absolute Gasteiger partial charge is 0.103 e. The summed E-state index contributed by atoms with van der Waals surface area (Å²) in [4.78, 5) is 0. The van der Waals surface area contributed by atoms with E-state index in [1.807, 2.05) is 6.07 Å². The van der Waals surface area contributed by atoms with E-state index in [1.165, 1.54) is 12.0 Å². The Bertz CT molecular complexity index is 377. The van der Waals surface area contributed by atoms with Crippen LogP contribution in [-0.4, -0.2) is 17.7 Å². The molecule has 0 aliphatic heterocycles. The van der Waals surface area contributed by atoms with Crippen molar-refractivity contribution in [2.45, 2.75) is 51.2 Å². The second kappa shape index (κ2) is 5.19. The van der Waals surface area contributed by atoms with E-state index < -0.39 is 5.60 Å². The molecule has 1 aromatic carbocycles. The minimum absolute atomic E-state index is 0.483. The zero-order valence-electron chi connectivity index (χ0n) is 10.9. The van der Waals surface area contributed by atoms with E-state index in [1.54, 1.807) is 0 Å². The van der Waals surface area contributed by atoms with Crippen molar-refractivity contribution in [2.24, 2.45) is 0 Å². The first-order chi connectivity index (χ1) is 8.15. The average molecular weight is 233 g/mol. The second-order valence-electron chi connectivity index (χ2n) is 5.26. The van der Waals surface area contributed by atoms with Gasteiger partial charge in [0.05, 0.1) is 0 Å². The van der Waals surface area contributed by atoms with Crippen LogP contribution in [-0.2, 0) is 12.0 Å². The third-order valence-corrected chi connectivity index (χ3v) is 3.79. The van der Waals surface area contributed by atoms with Crippen molar-refractivity contribution in [3.05, 3.63) is 35.4 Å². The number of benzene rings is 1. The number of hydrogen-bond donors (Lipinski definition) is 2. The van der Waals surface area contributed by atoms with Gasteiger partial charge in [0.2, 0.25) is 0 Å². The van der Waals surface area contributed by atoms with Gasteiger partial charge in [0.25, 0.3) is 0 Å². The van der Waals surface area contributed by atoms with Crippen LogP contribution in [0, 0.1) is 0 Å². The van der Waals surface area contributed by atoms with Crippen LogP contribution in [0.3, 0.4) is 0 Å². The number of nitrogens with one attached hydrogen (secondary N) is 1. The zero-order chi connectivity index (χ0) is 12.3. The monoisotopic (exact) mass is 233 g/mol. The largest absolute Gasteiger partial charge is 0.384 e. The van der Waals surface area contributed by atoms with Crippen LogP contribution in [0.15, 0.2) is 24.3 Å². The third kappa shape index (κ3) is 2.70. The van der Waals surface area contributed by atoms with Crippen LogP contribution in [0.5, 0.6) is 0 Å². The van der Waals surface area contributed by atoms with E-state index in [9.17, 15) is 5.11 Å². The number of aryl methyl sites for hydroxylation is 1. The molecule has 0 saturated heterocycles. The number of rotatable bonds is 5. The first-order valence-corrected chi connectivity index (χ1v) is 6.70. The Kier molecular flexibility index (Phi) is 3.85. The molecule has 0 heterocycles. The van der Waals surface area contributed by atoms with Crippen molar-refractivity contribution in [1.82, 2.24) is 5.32 Å². The van der Waals surface area contributed by atoms with Crippen molar-refractivity contribution >= 4 is 0 Å². The number of fused-ring (bicyclic) bond motifs is 1. The van der Waals surface area contributed by atoms with E-state index in [0.717, 1.165) is 24.8 Å². The summed E-state index contributed by atoms with van der Waals surface area (Å²) in [6.45, 7) is 5.05. The highest BCUT2D eigenvalue weighted by molar-refractivity contribution is 5.37. The van der Waals surface area contributed by atoms with Crippen LogP contribution in [0.1, 0.15) is 44.2 Å². The van der Waals surface area contributed by atoms with Gasteiger partial charge in [0.1, 0.15) is 5.60 Å². The summed E-state index contributed by atoms with van der Waals surface area (Å²) in [5.41, 5.74) is 1.77. The summed E-state index contributed by atoms with van der Waals surface area (Å²) in [7, 11) is 0. The molecule has 1 aliphatic rings. The van der Waals surface area contributed by atoms with E-state index in [-0.39, 0.29) is 0 Å². The molecule has 0 bridgehead atoms. The molecule has 0 spiro atoms. The highest BCUT2D eigenvalue weighted by Crippen LogP contribution is 2.36. The Morgan fingerprint density at radius 2 is 2.18 bits per heavy atom. The zero-order valence-corrected chi connectivity index (χ0v) is 10.9. The van der Waals surface area contributed by atoms with Gasteiger partial charge < -0.3 is 10.4 Å². The standard InChI is InChI=1S/C15H23NO/c1-3-6-12(2)16-11-15(17)10-9-13-7-4-5-8-14(13)15/h4-5,7-8,12,16-17H,3,6,9-11H2,1-2H3. The summed E-state index contributed by atoms with van der Waals surface area (Å²) in [5, 5.41) is 14.2. The molecule has 2 heteroatoms. The van der Waals surface area contributed by atoms with Gasteiger partial charge in [-0.3, -0.25) is 0 Å². The normalized spacial score (nSPS) is 24.6. The van der Waals surface area contributed by atoms with Crippen molar-refractivity contribution in [1.29, 1.82) is 0 Å². The average Bonchev–Trinajstić information content (AvgIpc) is 2.67. The summed E-state index contributed by atoms with van der Waals surface area (Å²) in [6.07, 6.45) is 4.19. The van der Waals surface area contributed by atoms with E-state index >= 15 is 0 Å². The van der Waals surface area contributed by atoms with Gasteiger partial charge in [-0.05, 0) is 37.3 Å². The summed E-state index contributed by atoms with van der Waals surface area (Å²) < 4.78 is 0. The minimum atomic E-state index is -0.654. The van der Waals surface area contributed by atoms with Crippen molar-refractivity contribution < 1.29 is 5.11 Å². The van der Waals surface area contributed by atoms with E-state index in [2.05, 4.69) is 37.4 Å². The molecule has 1 aliphatic carbocycles. The molecule has 2 rings (SSSR count). The van der Waals surface area contributed by atoms with Crippen molar-refractivity contribution in [3.63, 3.8) is 0 Å².